The highest BCUT2D eigenvalue weighted by Crippen LogP contribution is 2.38. The molecule has 2 aromatic rings. The Morgan fingerprint density at radius 2 is 1.78 bits per heavy atom. The van der Waals surface area contributed by atoms with Gasteiger partial charge in [-0.15, -0.1) is 5.10 Å². The number of likely N-dealkylation sites (N-methyl/N-ethyl adjacent to an activating group) is 1. The molecule has 63 heavy (non-hydrogen) atoms. The van der Waals surface area contributed by atoms with Crippen LogP contribution in [-0.2, 0) is 57.5 Å². The number of rotatable bonds is 13. The zero-order valence-electron chi connectivity index (χ0n) is 38.1. The van der Waals surface area contributed by atoms with Crippen molar-refractivity contribution >= 4 is 23.2 Å². The number of hydrogen-bond acceptors (Lipinski definition) is 17. The van der Waals surface area contributed by atoms with E-state index in [1.165, 1.54) is 33.1 Å². The van der Waals surface area contributed by atoms with Crippen molar-refractivity contribution in [3.8, 4) is 0 Å². The van der Waals surface area contributed by atoms with Gasteiger partial charge in [0.1, 0.15) is 24.2 Å². The Hall–Kier alpha value is -3.95. The van der Waals surface area contributed by atoms with Crippen LogP contribution in [0.1, 0.15) is 91.8 Å². The molecular formula is C44H68N6O13. The van der Waals surface area contributed by atoms with Crippen LogP contribution in [0, 0.1) is 33.8 Å². The summed E-state index contributed by atoms with van der Waals surface area (Å²) < 4.78 is 32.3. The van der Waals surface area contributed by atoms with Crippen molar-refractivity contribution in [3.63, 3.8) is 0 Å². The lowest BCUT2D eigenvalue weighted by Crippen LogP contribution is -2.60. The van der Waals surface area contributed by atoms with Crippen LogP contribution in [0.25, 0.3) is 0 Å². The summed E-state index contributed by atoms with van der Waals surface area (Å²) in [5.41, 5.74) is -1.07. The topological polar surface area (TPSA) is 240 Å². The highest BCUT2D eigenvalue weighted by molar-refractivity contribution is 6.00. The number of aromatic nitrogens is 3. The molecule has 4 heterocycles. The maximum absolute atomic E-state index is 14.2. The van der Waals surface area contributed by atoms with Crippen molar-refractivity contribution in [3.05, 3.63) is 51.8 Å². The fraction of sp³-hybridized carbons (Fsp3) is 0.750. The molecule has 1 aromatic carbocycles. The van der Waals surface area contributed by atoms with Gasteiger partial charge in [0, 0.05) is 75.2 Å². The Morgan fingerprint density at radius 1 is 1.06 bits per heavy atom. The second-order valence-electron chi connectivity index (χ2n) is 18.2. The van der Waals surface area contributed by atoms with Gasteiger partial charge in [-0.2, -0.15) is 0 Å². The van der Waals surface area contributed by atoms with Crippen LogP contribution in [0.3, 0.4) is 0 Å². The number of benzene rings is 1. The van der Waals surface area contributed by atoms with Crippen LogP contribution in [0.2, 0.25) is 0 Å². The van der Waals surface area contributed by atoms with E-state index in [-0.39, 0.29) is 18.2 Å². The maximum Gasteiger partial charge on any atom is 0.316 e. The van der Waals surface area contributed by atoms with Crippen LogP contribution < -0.4 is 0 Å². The molecule has 3 N–H and O–H groups in total. The van der Waals surface area contributed by atoms with Crippen molar-refractivity contribution in [2.24, 2.45) is 28.8 Å². The van der Waals surface area contributed by atoms with Gasteiger partial charge in [-0.05, 0) is 72.4 Å². The van der Waals surface area contributed by atoms with Gasteiger partial charge in [-0.25, -0.2) is 0 Å². The highest BCUT2D eigenvalue weighted by atomic mass is 16.8. The van der Waals surface area contributed by atoms with E-state index in [1.54, 1.807) is 37.6 Å². The molecule has 352 valence electrons. The Balaban J connectivity index is 1.35. The Morgan fingerprint density at radius 3 is 2.43 bits per heavy atom. The molecule has 5 rings (SSSR count). The predicted molar refractivity (Wildman–Crippen MR) is 228 cm³/mol. The number of aliphatic hydroxyl groups excluding tert-OH is 2. The molecule has 3 aliphatic rings. The normalized spacial score (nSPS) is 35.9. The van der Waals surface area contributed by atoms with Crippen molar-refractivity contribution in [1.29, 1.82) is 0 Å². The first kappa shape index (κ1) is 50.1. The lowest BCUT2D eigenvalue weighted by atomic mass is 9.75. The van der Waals surface area contributed by atoms with E-state index in [9.17, 15) is 35.0 Å². The van der Waals surface area contributed by atoms with Gasteiger partial charge in [-0.1, -0.05) is 43.3 Å². The van der Waals surface area contributed by atoms with Gasteiger partial charge in [0.2, 0.25) is 6.29 Å². The molecule has 3 saturated heterocycles. The number of methoxy groups -OCH3 is 1. The number of esters is 1. The van der Waals surface area contributed by atoms with E-state index in [0.717, 1.165) is 24.1 Å². The minimum absolute atomic E-state index is 0.0381. The standard InChI is InChI=1S/C44H68N6O13/c1-26-23-44(7,58-9)40(29(4)37(51)30(5)41(54)60-25-43(6,55)39(53)28(3)36(26)46-63-35-12-10-11-21-59-35)62-42-38(52)34(22-27(2)61-42)48(8)19-18-32-24-49(47-45-32)20-17-31-13-15-33(16-14-31)50(56)57/h13-16,24,26-30,34-35,38-40,42,52-53,55H,10-12,17-23,25H2,1-9H3/b46-36+/t26-,27-,28+,29+,30-,34+,35?,38-,39-,40-,42+,43-,44-/m1/s1. The van der Waals surface area contributed by atoms with Crippen molar-refractivity contribution < 1.29 is 58.4 Å². The van der Waals surface area contributed by atoms with Gasteiger partial charge in [0.25, 0.3) is 5.69 Å². The first-order chi connectivity index (χ1) is 29.7. The quantitative estimate of drug-likeness (QED) is 0.113. The number of carbonyl (C=O) groups excluding carboxylic acids is 2. The van der Waals surface area contributed by atoms with Crippen molar-refractivity contribution in [1.82, 2.24) is 19.9 Å². The van der Waals surface area contributed by atoms with E-state index in [4.69, 9.17) is 28.5 Å². The summed E-state index contributed by atoms with van der Waals surface area (Å²) in [7, 11) is 3.40. The summed E-state index contributed by atoms with van der Waals surface area (Å²) in [6.45, 7) is 12.7. The summed E-state index contributed by atoms with van der Waals surface area (Å²) in [5.74, 6) is -4.94. The first-order valence-corrected chi connectivity index (χ1v) is 22.1. The third kappa shape index (κ3) is 12.7. The molecule has 19 heteroatoms. The minimum atomic E-state index is -1.91. The fourth-order valence-electron chi connectivity index (χ4n) is 8.91. The van der Waals surface area contributed by atoms with Gasteiger partial charge in [0.15, 0.2) is 12.1 Å². The van der Waals surface area contributed by atoms with Crippen LogP contribution in [-0.4, -0.2) is 146 Å². The monoisotopic (exact) mass is 888 g/mol. The lowest BCUT2D eigenvalue weighted by Gasteiger charge is -2.47. The molecule has 0 radical (unpaired) electrons. The molecule has 0 spiro atoms. The fourth-order valence-corrected chi connectivity index (χ4v) is 8.91. The molecule has 1 unspecified atom stereocenters. The average molecular weight is 889 g/mol. The number of nitro groups is 1. The molecule has 19 nitrogen and oxygen atoms in total. The molecule has 3 fully saturated rings. The average Bonchev–Trinajstić information content (AvgIpc) is 3.73. The molecule has 0 amide bonds. The van der Waals surface area contributed by atoms with E-state index < -0.39 is 95.1 Å². The van der Waals surface area contributed by atoms with E-state index >= 15 is 0 Å². The number of ketones is 1. The number of ether oxygens (including phenoxy) is 5. The molecule has 0 aliphatic carbocycles. The largest absolute Gasteiger partial charge is 0.462 e. The summed E-state index contributed by atoms with van der Waals surface area (Å²) in [6.07, 6.45) is 0.241. The molecule has 0 bridgehead atoms. The molecule has 3 aliphatic heterocycles. The number of aliphatic hydroxyl groups is 3. The number of hydrogen-bond donors (Lipinski definition) is 3. The number of aryl methyl sites for hydroxylation is 2. The molecule has 1 aromatic heterocycles. The molecular weight excluding hydrogens is 821 g/mol. The van der Waals surface area contributed by atoms with Crippen LogP contribution in [0.15, 0.2) is 35.6 Å². The third-order valence-corrected chi connectivity index (χ3v) is 13.0. The second kappa shape index (κ2) is 21.8. The van der Waals surface area contributed by atoms with Gasteiger partial charge in [0.05, 0.1) is 46.8 Å². The van der Waals surface area contributed by atoms with Gasteiger partial charge >= 0.3 is 5.97 Å². The smallest absolute Gasteiger partial charge is 0.316 e. The summed E-state index contributed by atoms with van der Waals surface area (Å²) in [6, 6.07) is 6.00. The Labute approximate surface area is 369 Å². The zero-order valence-corrected chi connectivity index (χ0v) is 38.1. The maximum atomic E-state index is 14.2. The second-order valence-corrected chi connectivity index (χ2v) is 18.2. The highest BCUT2D eigenvalue weighted by Gasteiger charge is 2.50. The minimum Gasteiger partial charge on any atom is -0.462 e. The van der Waals surface area contributed by atoms with Crippen LogP contribution in [0.5, 0.6) is 0 Å². The Kier molecular flexibility index (Phi) is 17.3. The molecule has 13 atom stereocenters. The third-order valence-electron chi connectivity index (χ3n) is 13.0. The number of carbonyl (C=O) groups is 2. The SMILES string of the molecule is CO[C@]1(C)C[C@@H](C)/C(=N\OC2CCCCO2)[C@H](C)[C@@H](O)[C@](C)(O)COC(=O)[C@H](C)C(=O)[C@H](C)[C@H]1O[C@@H]1O[C@H](C)C[C@H](N(C)CCc2cn(CCc3ccc([N+](=O)[O-])cc3)nn2)[C@H]1O. The number of cyclic esters (lactones) is 1. The number of non-ortho nitro benzene ring substituents is 1. The van der Waals surface area contributed by atoms with E-state index in [0.29, 0.717) is 51.1 Å². The Bertz CT molecular complexity index is 1850. The predicted octanol–water partition coefficient (Wildman–Crippen LogP) is 3.63. The zero-order chi connectivity index (χ0) is 46.2. The van der Waals surface area contributed by atoms with E-state index in [2.05, 4.69) is 15.5 Å². The summed E-state index contributed by atoms with van der Waals surface area (Å²) in [4.78, 5) is 46.1. The van der Waals surface area contributed by atoms with E-state index in [1.807, 2.05) is 32.0 Å². The first-order valence-electron chi connectivity index (χ1n) is 22.1. The number of nitrogens with zero attached hydrogens (tertiary/aromatic N) is 6. The van der Waals surface area contributed by atoms with Crippen LogP contribution in [0.4, 0.5) is 5.69 Å². The molecule has 0 saturated carbocycles. The van der Waals surface area contributed by atoms with Crippen LogP contribution >= 0.6 is 0 Å². The number of nitro benzene ring substituents is 1. The summed E-state index contributed by atoms with van der Waals surface area (Å²) >= 11 is 0. The van der Waals surface area contributed by atoms with Gasteiger partial charge < -0.3 is 48.7 Å². The van der Waals surface area contributed by atoms with Crippen molar-refractivity contribution in [2.45, 2.75) is 154 Å². The number of oxime groups is 1. The van der Waals surface area contributed by atoms with Crippen molar-refractivity contribution in [2.75, 3.05) is 33.9 Å². The summed E-state index contributed by atoms with van der Waals surface area (Å²) in [5, 5.41) is 59.0. The van der Waals surface area contributed by atoms with Gasteiger partial charge in [-0.3, -0.25) is 24.4 Å². The lowest BCUT2D eigenvalue weighted by molar-refractivity contribution is -0.384. The number of Topliss-reactive ketones (excluding diaryl/α,β-unsaturated/α-hetero) is 1.